The second kappa shape index (κ2) is 7.38. The number of nitrogens with one attached hydrogen (secondary N) is 1. The Morgan fingerprint density at radius 3 is 2.75 bits per heavy atom. The van der Waals surface area contributed by atoms with Crippen molar-refractivity contribution in [3.63, 3.8) is 0 Å². The van der Waals surface area contributed by atoms with E-state index in [2.05, 4.69) is 5.32 Å². The SMILES string of the molecule is CCOC(=O)C1CCC(O)(CNCC2CCOC2)CC1. The van der Waals surface area contributed by atoms with Gasteiger partial charge in [-0.1, -0.05) is 0 Å². The molecule has 1 saturated heterocycles. The summed E-state index contributed by atoms with van der Waals surface area (Å²) < 4.78 is 10.4. The van der Waals surface area contributed by atoms with E-state index in [0.717, 1.165) is 39.0 Å². The van der Waals surface area contributed by atoms with Gasteiger partial charge in [-0.05, 0) is 44.9 Å². The maximum Gasteiger partial charge on any atom is 0.308 e. The summed E-state index contributed by atoms with van der Waals surface area (Å²) in [5.74, 6) is 0.443. The summed E-state index contributed by atoms with van der Waals surface area (Å²) in [4.78, 5) is 11.7. The zero-order valence-electron chi connectivity index (χ0n) is 12.4. The lowest BCUT2D eigenvalue weighted by atomic mass is 9.78. The zero-order chi connectivity index (χ0) is 14.4. The van der Waals surface area contributed by atoms with Crippen LogP contribution in [0.1, 0.15) is 39.0 Å². The van der Waals surface area contributed by atoms with Crippen molar-refractivity contribution < 1.29 is 19.4 Å². The third-order valence-electron chi connectivity index (χ3n) is 4.45. The molecule has 0 radical (unpaired) electrons. The fraction of sp³-hybridized carbons (Fsp3) is 0.933. The van der Waals surface area contributed by atoms with E-state index < -0.39 is 5.60 Å². The topological polar surface area (TPSA) is 67.8 Å². The van der Waals surface area contributed by atoms with Crippen molar-refractivity contribution in [1.82, 2.24) is 5.32 Å². The minimum Gasteiger partial charge on any atom is -0.466 e. The van der Waals surface area contributed by atoms with Crippen LogP contribution in [0.25, 0.3) is 0 Å². The highest BCUT2D eigenvalue weighted by atomic mass is 16.5. The molecule has 1 aliphatic heterocycles. The molecule has 1 unspecified atom stereocenters. The van der Waals surface area contributed by atoms with Gasteiger partial charge in [0.2, 0.25) is 0 Å². The molecule has 0 spiro atoms. The number of hydrogen-bond donors (Lipinski definition) is 2. The van der Waals surface area contributed by atoms with Crippen molar-refractivity contribution in [3.8, 4) is 0 Å². The summed E-state index contributed by atoms with van der Waals surface area (Å²) >= 11 is 0. The predicted molar refractivity (Wildman–Crippen MR) is 75.3 cm³/mol. The lowest BCUT2D eigenvalue weighted by Crippen LogP contribution is -2.45. The molecule has 0 aromatic carbocycles. The Bertz CT molecular complexity index is 307. The molecule has 2 aliphatic rings. The van der Waals surface area contributed by atoms with Gasteiger partial charge in [0.1, 0.15) is 0 Å². The summed E-state index contributed by atoms with van der Waals surface area (Å²) in [6, 6.07) is 0. The monoisotopic (exact) mass is 285 g/mol. The van der Waals surface area contributed by atoms with Crippen LogP contribution in [0.4, 0.5) is 0 Å². The number of rotatable bonds is 6. The molecule has 1 saturated carbocycles. The molecule has 1 heterocycles. The van der Waals surface area contributed by atoms with Gasteiger partial charge in [0, 0.05) is 19.7 Å². The van der Waals surface area contributed by atoms with Gasteiger partial charge >= 0.3 is 5.97 Å². The van der Waals surface area contributed by atoms with Crippen LogP contribution >= 0.6 is 0 Å². The first-order chi connectivity index (χ1) is 9.63. The van der Waals surface area contributed by atoms with E-state index in [1.54, 1.807) is 0 Å². The first-order valence-corrected chi connectivity index (χ1v) is 7.80. The molecule has 1 atom stereocenters. The van der Waals surface area contributed by atoms with Crippen LogP contribution in [0, 0.1) is 11.8 Å². The smallest absolute Gasteiger partial charge is 0.308 e. The molecule has 20 heavy (non-hydrogen) atoms. The normalized spacial score (nSPS) is 34.1. The molecular formula is C15H27NO4. The van der Waals surface area contributed by atoms with Crippen LogP contribution in [0.5, 0.6) is 0 Å². The van der Waals surface area contributed by atoms with Gasteiger partial charge in [0.05, 0.1) is 24.7 Å². The quantitative estimate of drug-likeness (QED) is 0.715. The summed E-state index contributed by atoms with van der Waals surface area (Å²) in [6.07, 6.45) is 3.90. The largest absolute Gasteiger partial charge is 0.466 e. The molecule has 116 valence electrons. The molecule has 5 heteroatoms. The fourth-order valence-corrected chi connectivity index (χ4v) is 3.08. The summed E-state index contributed by atoms with van der Waals surface area (Å²) in [5.41, 5.74) is -0.664. The summed E-state index contributed by atoms with van der Waals surface area (Å²) in [5, 5.41) is 13.9. The predicted octanol–water partition coefficient (Wildman–Crippen LogP) is 1.10. The van der Waals surface area contributed by atoms with Crippen molar-refractivity contribution in [2.24, 2.45) is 11.8 Å². The lowest BCUT2D eigenvalue weighted by Gasteiger charge is -2.35. The van der Waals surface area contributed by atoms with E-state index in [4.69, 9.17) is 9.47 Å². The van der Waals surface area contributed by atoms with Gasteiger partial charge in [-0.15, -0.1) is 0 Å². The lowest BCUT2D eigenvalue weighted by molar-refractivity contribution is -0.151. The Morgan fingerprint density at radius 1 is 1.40 bits per heavy atom. The molecule has 2 N–H and O–H groups in total. The summed E-state index contributed by atoms with van der Waals surface area (Å²) in [6.45, 7) is 5.47. The van der Waals surface area contributed by atoms with Crippen LogP contribution in [0.2, 0.25) is 0 Å². The van der Waals surface area contributed by atoms with Gasteiger partial charge < -0.3 is 19.9 Å². The number of ether oxygens (including phenoxy) is 2. The second-order valence-electron chi connectivity index (χ2n) is 6.11. The minimum atomic E-state index is -0.664. The highest BCUT2D eigenvalue weighted by Crippen LogP contribution is 2.32. The third-order valence-corrected chi connectivity index (χ3v) is 4.45. The maximum atomic E-state index is 11.7. The molecular weight excluding hydrogens is 258 g/mol. The van der Waals surface area contributed by atoms with E-state index in [-0.39, 0.29) is 11.9 Å². The van der Waals surface area contributed by atoms with Crippen LogP contribution in [-0.4, -0.2) is 49.6 Å². The molecule has 0 bridgehead atoms. The van der Waals surface area contributed by atoms with Crippen LogP contribution in [0.15, 0.2) is 0 Å². The Morgan fingerprint density at radius 2 is 2.15 bits per heavy atom. The van der Waals surface area contributed by atoms with Crippen LogP contribution in [0.3, 0.4) is 0 Å². The maximum absolute atomic E-state index is 11.7. The van der Waals surface area contributed by atoms with Crippen LogP contribution in [-0.2, 0) is 14.3 Å². The van der Waals surface area contributed by atoms with Gasteiger partial charge in [-0.25, -0.2) is 0 Å². The Balaban J connectivity index is 1.66. The van der Waals surface area contributed by atoms with Crippen molar-refractivity contribution in [2.45, 2.75) is 44.6 Å². The van der Waals surface area contributed by atoms with Gasteiger partial charge in [0.25, 0.3) is 0 Å². The molecule has 5 nitrogen and oxygen atoms in total. The third kappa shape index (κ3) is 4.43. The number of hydrogen-bond acceptors (Lipinski definition) is 5. The highest BCUT2D eigenvalue weighted by molar-refractivity contribution is 5.72. The molecule has 2 fully saturated rings. The Labute approximate surface area is 121 Å². The number of carbonyl (C=O) groups is 1. The first-order valence-electron chi connectivity index (χ1n) is 7.80. The number of aliphatic hydroxyl groups is 1. The average molecular weight is 285 g/mol. The Kier molecular flexibility index (Phi) is 5.81. The van der Waals surface area contributed by atoms with E-state index in [9.17, 15) is 9.90 Å². The van der Waals surface area contributed by atoms with Crippen LogP contribution < -0.4 is 5.32 Å². The number of carbonyl (C=O) groups excluding carboxylic acids is 1. The van der Waals surface area contributed by atoms with Gasteiger partial charge in [0.15, 0.2) is 0 Å². The van der Waals surface area contributed by atoms with Crippen molar-refractivity contribution in [1.29, 1.82) is 0 Å². The molecule has 0 amide bonds. The molecule has 0 aromatic heterocycles. The van der Waals surface area contributed by atoms with Crippen molar-refractivity contribution in [2.75, 3.05) is 32.9 Å². The highest BCUT2D eigenvalue weighted by Gasteiger charge is 2.36. The van der Waals surface area contributed by atoms with E-state index in [0.29, 0.717) is 31.9 Å². The fourth-order valence-electron chi connectivity index (χ4n) is 3.08. The number of esters is 1. The van der Waals surface area contributed by atoms with Gasteiger partial charge in [-0.2, -0.15) is 0 Å². The Hall–Kier alpha value is -0.650. The zero-order valence-corrected chi connectivity index (χ0v) is 12.4. The minimum absolute atomic E-state index is 0.0292. The van der Waals surface area contributed by atoms with E-state index >= 15 is 0 Å². The molecule has 2 rings (SSSR count). The van der Waals surface area contributed by atoms with E-state index in [1.165, 1.54) is 0 Å². The first kappa shape index (κ1) is 15.7. The van der Waals surface area contributed by atoms with E-state index in [1.807, 2.05) is 6.92 Å². The summed E-state index contributed by atoms with van der Waals surface area (Å²) in [7, 11) is 0. The standard InChI is InChI=1S/C15H27NO4/c1-2-20-14(17)13-3-6-15(18,7-4-13)11-16-9-12-5-8-19-10-12/h12-13,16,18H,2-11H2,1H3. The molecule has 0 aromatic rings. The second-order valence-corrected chi connectivity index (χ2v) is 6.11. The van der Waals surface area contributed by atoms with Crippen molar-refractivity contribution in [3.05, 3.63) is 0 Å². The van der Waals surface area contributed by atoms with Crippen molar-refractivity contribution >= 4 is 5.97 Å². The molecule has 1 aliphatic carbocycles. The average Bonchev–Trinajstić information content (AvgIpc) is 2.93. The van der Waals surface area contributed by atoms with Gasteiger partial charge in [-0.3, -0.25) is 4.79 Å².